The van der Waals surface area contributed by atoms with Crippen LogP contribution < -0.4 is 5.73 Å². The van der Waals surface area contributed by atoms with E-state index in [2.05, 4.69) is 19.1 Å². The van der Waals surface area contributed by atoms with Crippen LogP contribution in [0.2, 0.25) is 0 Å². The molecule has 3 nitrogen and oxygen atoms in total. The van der Waals surface area contributed by atoms with E-state index in [1.807, 2.05) is 23.1 Å². The maximum atomic E-state index is 12.1. The van der Waals surface area contributed by atoms with Crippen molar-refractivity contribution in [2.45, 2.75) is 38.6 Å². The molecule has 2 N–H and O–H groups in total. The van der Waals surface area contributed by atoms with E-state index in [-0.39, 0.29) is 11.9 Å². The van der Waals surface area contributed by atoms with Crippen molar-refractivity contribution in [3.8, 4) is 0 Å². The van der Waals surface area contributed by atoms with E-state index < -0.39 is 0 Å². The summed E-state index contributed by atoms with van der Waals surface area (Å²) < 4.78 is 0. The number of likely N-dealkylation sites (tertiary alicyclic amines) is 1. The summed E-state index contributed by atoms with van der Waals surface area (Å²) >= 11 is 0. The molecule has 1 aromatic carbocycles. The molecule has 1 aromatic rings. The molecule has 0 saturated carbocycles. The van der Waals surface area contributed by atoms with Gasteiger partial charge >= 0.3 is 0 Å². The lowest BCUT2D eigenvalue weighted by Crippen LogP contribution is -2.42. The van der Waals surface area contributed by atoms with Gasteiger partial charge in [0.05, 0.1) is 0 Å². The zero-order chi connectivity index (χ0) is 13.7. The molecule has 104 valence electrons. The highest BCUT2D eigenvalue weighted by atomic mass is 16.2. The maximum Gasteiger partial charge on any atom is 0.222 e. The molecule has 19 heavy (non-hydrogen) atoms. The highest BCUT2D eigenvalue weighted by molar-refractivity contribution is 5.76. The largest absolute Gasteiger partial charge is 0.343 e. The Hall–Kier alpha value is -1.35. The number of piperidine rings is 1. The molecule has 1 unspecified atom stereocenters. The van der Waals surface area contributed by atoms with Crippen molar-refractivity contribution in [2.24, 2.45) is 11.7 Å². The van der Waals surface area contributed by atoms with Crippen LogP contribution in [0, 0.1) is 5.92 Å². The molecule has 1 aliphatic rings. The van der Waals surface area contributed by atoms with Gasteiger partial charge in [0.2, 0.25) is 5.91 Å². The smallest absolute Gasteiger partial charge is 0.222 e. The van der Waals surface area contributed by atoms with Crippen molar-refractivity contribution in [2.75, 3.05) is 13.1 Å². The summed E-state index contributed by atoms with van der Waals surface area (Å²) in [4.78, 5) is 14.1. The summed E-state index contributed by atoms with van der Waals surface area (Å²) in [6.07, 6.45) is 3.56. The highest BCUT2D eigenvalue weighted by Gasteiger charge is 2.24. The molecule has 1 saturated heterocycles. The average molecular weight is 260 g/mol. The first-order valence-electron chi connectivity index (χ1n) is 7.24. The van der Waals surface area contributed by atoms with Crippen LogP contribution >= 0.6 is 0 Å². The Kier molecular flexibility index (Phi) is 4.97. The second-order valence-corrected chi connectivity index (χ2v) is 5.56. The minimum Gasteiger partial charge on any atom is -0.343 e. The van der Waals surface area contributed by atoms with Gasteiger partial charge in [-0.15, -0.1) is 0 Å². The fourth-order valence-electron chi connectivity index (χ4n) is 2.73. The first kappa shape index (κ1) is 14.1. The molecule has 0 spiro atoms. The first-order valence-corrected chi connectivity index (χ1v) is 7.24. The fourth-order valence-corrected chi connectivity index (χ4v) is 2.73. The lowest BCUT2D eigenvalue weighted by Gasteiger charge is -2.33. The number of carbonyl (C=O) groups excluding carboxylic acids is 1. The van der Waals surface area contributed by atoms with Gasteiger partial charge in [-0.25, -0.2) is 0 Å². The molecule has 0 radical (unpaired) electrons. The van der Waals surface area contributed by atoms with E-state index in [0.29, 0.717) is 12.3 Å². The number of nitrogens with two attached hydrogens (primary N) is 1. The lowest BCUT2D eigenvalue weighted by molar-refractivity contribution is -0.132. The lowest BCUT2D eigenvalue weighted by atomic mass is 9.91. The van der Waals surface area contributed by atoms with Crippen LogP contribution in [-0.4, -0.2) is 29.9 Å². The van der Waals surface area contributed by atoms with Crippen molar-refractivity contribution in [3.63, 3.8) is 0 Å². The third-order valence-electron chi connectivity index (χ3n) is 4.11. The molecular weight excluding hydrogens is 236 g/mol. The van der Waals surface area contributed by atoms with Crippen molar-refractivity contribution in [1.82, 2.24) is 4.90 Å². The molecule has 0 bridgehead atoms. The number of rotatable bonds is 4. The van der Waals surface area contributed by atoms with Crippen molar-refractivity contribution in [3.05, 3.63) is 35.9 Å². The van der Waals surface area contributed by atoms with Crippen LogP contribution in [0.1, 0.15) is 31.7 Å². The third kappa shape index (κ3) is 4.06. The Balaban J connectivity index is 1.76. The van der Waals surface area contributed by atoms with Crippen LogP contribution in [0.4, 0.5) is 0 Å². The predicted octanol–water partition coefficient (Wildman–Crippen LogP) is 2.21. The van der Waals surface area contributed by atoms with E-state index in [0.717, 1.165) is 32.4 Å². The topological polar surface area (TPSA) is 46.3 Å². The summed E-state index contributed by atoms with van der Waals surface area (Å²) in [5.74, 6) is 0.866. The summed E-state index contributed by atoms with van der Waals surface area (Å²) in [6.45, 7) is 3.82. The van der Waals surface area contributed by atoms with Gasteiger partial charge in [-0.05, 0) is 37.7 Å². The highest BCUT2D eigenvalue weighted by Crippen LogP contribution is 2.20. The Bertz CT molecular complexity index is 394. The zero-order valence-electron chi connectivity index (χ0n) is 11.7. The molecule has 1 aliphatic heterocycles. The van der Waals surface area contributed by atoms with Gasteiger partial charge in [0.15, 0.2) is 0 Å². The summed E-state index contributed by atoms with van der Waals surface area (Å²) in [6, 6.07) is 10.5. The van der Waals surface area contributed by atoms with Crippen molar-refractivity contribution < 1.29 is 4.79 Å². The van der Waals surface area contributed by atoms with Crippen LogP contribution in [0.3, 0.4) is 0 Å². The average Bonchev–Trinajstić information content (AvgIpc) is 2.46. The third-order valence-corrected chi connectivity index (χ3v) is 4.11. The molecule has 0 aliphatic carbocycles. The second kappa shape index (κ2) is 6.71. The number of carbonyl (C=O) groups is 1. The van der Waals surface area contributed by atoms with Crippen LogP contribution in [-0.2, 0) is 11.2 Å². The molecule has 1 amide bonds. The Labute approximate surface area is 115 Å². The Morgan fingerprint density at radius 1 is 1.32 bits per heavy atom. The van der Waals surface area contributed by atoms with Gasteiger partial charge in [-0.1, -0.05) is 30.3 Å². The summed E-state index contributed by atoms with van der Waals surface area (Å²) in [5, 5.41) is 0. The minimum atomic E-state index is 0.251. The van der Waals surface area contributed by atoms with Gasteiger partial charge in [0.25, 0.3) is 0 Å². The summed E-state index contributed by atoms with van der Waals surface area (Å²) in [5.41, 5.74) is 7.16. The quantitative estimate of drug-likeness (QED) is 0.902. The van der Waals surface area contributed by atoms with Gasteiger partial charge in [-0.3, -0.25) is 4.79 Å². The van der Waals surface area contributed by atoms with E-state index in [9.17, 15) is 4.79 Å². The molecule has 2 rings (SSSR count). The first-order chi connectivity index (χ1) is 9.16. The fraction of sp³-hybridized carbons (Fsp3) is 0.562. The zero-order valence-corrected chi connectivity index (χ0v) is 11.7. The number of amides is 1. The molecule has 1 heterocycles. The second-order valence-electron chi connectivity index (χ2n) is 5.56. The number of hydrogen-bond acceptors (Lipinski definition) is 2. The van der Waals surface area contributed by atoms with Crippen LogP contribution in [0.15, 0.2) is 30.3 Å². The van der Waals surface area contributed by atoms with E-state index in [1.54, 1.807) is 0 Å². The number of hydrogen-bond donors (Lipinski definition) is 1. The maximum absolute atomic E-state index is 12.1. The number of aryl methyl sites for hydroxylation is 1. The predicted molar refractivity (Wildman–Crippen MR) is 77.7 cm³/mol. The molecule has 0 aromatic heterocycles. The van der Waals surface area contributed by atoms with Crippen molar-refractivity contribution in [1.29, 1.82) is 0 Å². The SMILES string of the molecule is CC(N)C1CCN(C(=O)CCc2ccccc2)CC1. The van der Waals surface area contributed by atoms with E-state index in [4.69, 9.17) is 5.73 Å². The van der Waals surface area contributed by atoms with Crippen LogP contribution in [0.25, 0.3) is 0 Å². The minimum absolute atomic E-state index is 0.251. The van der Waals surface area contributed by atoms with E-state index >= 15 is 0 Å². The van der Waals surface area contributed by atoms with Gasteiger partial charge in [-0.2, -0.15) is 0 Å². The summed E-state index contributed by atoms with van der Waals surface area (Å²) in [7, 11) is 0. The molecule has 1 atom stereocenters. The number of nitrogens with zero attached hydrogens (tertiary/aromatic N) is 1. The number of benzene rings is 1. The van der Waals surface area contributed by atoms with Crippen molar-refractivity contribution >= 4 is 5.91 Å². The van der Waals surface area contributed by atoms with Crippen LogP contribution in [0.5, 0.6) is 0 Å². The normalized spacial score (nSPS) is 18.3. The standard InChI is InChI=1S/C16H24N2O/c1-13(17)15-9-11-18(12-10-15)16(19)8-7-14-5-3-2-4-6-14/h2-6,13,15H,7-12,17H2,1H3. The van der Waals surface area contributed by atoms with Gasteiger partial charge < -0.3 is 10.6 Å². The Morgan fingerprint density at radius 3 is 2.53 bits per heavy atom. The Morgan fingerprint density at radius 2 is 1.95 bits per heavy atom. The monoisotopic (exact) mass is 260 g/mol. The van der Waals surface area contributed by atoms with Gasteiger partial charge in [0, 0.05) is 25.6 Å². The molecule has 3 heteroatoms. The molecule has 1 fully saturated rings. The van der Waals surface area contributed by atoms with Gasteiger partial charge in [0.1, 0.15) is 0 Å². The van der Waals surface area contributed by atoms with E-state index in [1.165, 1.54) is 5.56 Å². The molecular formula is C16H24N2O.